The van der Waals surface area contributed by atoms with E-state index in [4.69, 9.17) is 21.9 Å². The molecule has 3 aromatic carbocycles. The number of hydrogen-bond donors (Lipinski definition) is 22. The maximum absolute atomic E-state index is 14.9. The third kappa shape index (κ3) is 31.4. The number of ketones is 1. The molecule has 0 saturated carbocycles. The van der Waals surface area contributed by atoms with Crippen molar-refractivity contribution in [2.75, 3.05) is 32.0 Å². The minimum atomic E-state index is -2.47. The molecular weight excluding hydrogens is 1580 g/mol. The number of aliphatic hydroxyl groups excluding tert-OH is 1. The Kier molecular flexibility index (Phi) is 38.3. The molecule has 1 aromatic heterocycles. The fraction of sp³-hybridized carbons (Fsp3) is 0.455. The lowest BCUT2D eigenvalue weighted by Gasteiger charge is -2.30. The van der Waals surface area contributed by atoms with Crippen molar-refractivity contribution in [2.24, 2.45) is 17.4 Å². The second kappa shape index (κ2) is 47.5. The van der Waals surface area contributed by atoms with E-state index in [1.807, 2.05) is 40.2 Å². The number of nitrogens with two attached hydrogens (primary N) is 3. The van der Waals surface area contributed by atoms with E-state index in [-0.39, 0.29) is 30.6 Å². The van der Waals surface area contributed by atoms with E-state index in [0.717, 1.165) is 52.0 Å². The minimum absolute atomic E-state index is 0.0998. The molecular formula is C77H101N17O26. The zero-order valence-electron chi connectivity index (χ0n) is 66.2. The highest BCUT2D eigenvalue weighted by Crippen LogP contribution is 2.22. The van der Waals surface area contributed by atoms with Crippen LogP contribution >= 0.6 is 0 Å². The lowest BCUT2D eigenvalue weighted by molar-refractivity contribution is -0.156. The molecule has 5 rings (SSSR count). The number of esters is 1. The highest BCUT2D eigenvalue weighted by Gasteiger charge is 2.41. The molecule has 650 valence electrons. The van der Waals surface area contributed by atoms with Crippen molar-refractivity contribution in [3.8, 4) is 0 Å². The first-order chi connectivity index (χ1) is 56.7. The van der Waals surface area contributed by atoms with Gasteiger partial charge in [0.2, 0.25) is 82.7 Å². The molecule has 2 heterocycles. The molecule has 4 aromatic rings. The van der Waals surface area contributed by atoms with Gasteiger partial charge in [-0.3, -0.25) is 91.1 Å². The van der Waals surface area contributed by atoms with Crippen LogP contribution < -0.4 is 86.3 Å². The number of allylic oxidation sites excluding steroid dienone is 1. The molecule has 0 radical (unpaired) electrons. The Balaban J connectivity index is 1.61. The number of aromatic nitrogens is 1. The molecule has 13 atom stereocenters. The molecule has 0 unspecified atom stereocenters. The number of aromatic amines is 1. The molecule has 25 N–H and O–H groups in total. The number of benzene rings is 3. The third-order valence-electron chi connectivity index (χ3n) is 18.7. The standard InChI is InChI=1S/C77H101N17O26/c1-6-7-8-14-41-20-22-42(23-21-41)37(2)25-58(98)86-49(27-43-33-81-47-18-12-10-15-44(43)47)71(113)89-50(29-57(80)97)72(114)91-53(32-64(107)108)73(115)94-66-40(5)120-77(119)54(28-56(96)45-16-9-11-17-46(45)79)92-76(118)65(38(3)26-61(101)102)93-74(116)55(36-95)87-60(100)34-82-68(110)51(30-62(103)104)88-67(109)39(4)84-70(112)52(31-63(105)106)90-69(111)48(19-13-24-78)85-59(99)35-83-75(66)117/h9-12,15-18,20-23,25,33,38-40,48-55,65-66,81,95H,6-8,13-14,19,24,26-32,34-36,78-79H2,1-5H3,(H2,80,97)(H,82,110)(H,83,117)(H,84,112)(H,85,99)(H,86,98)(H,87,100)(H,88,109)(H,89,113)(H,90,111)(H,91,114)(H,92,118)(H,93,116)(H,94,115)(H,101,102)(H,103,104)(H,105,106)(H,107,108)/b37-25+/t38-,39-,40-,48+,49+,50-,51+,52+,53+,54+,55-,65+,66+/m1/s1. The number of primary amides is 1. The number of carbonyl (C=O) groups is 20. The summed E-state index contributed by atoms with van der Waals surface area (Å²) < 4.78 is 5.69. The van der Waals surface area contributed by atoms with Crippen molar-refractivity contribution in [1.29, 1.82) is 0 Å². The number of carboxylic acid groups (broad SMARTS) is 4. The van der Waals surface area contributed by atoms with E-state index in [1.165, 1.54) is 30.3 Å². The molecule has 120 heavy (non-hydrogen) atoms. The van der Waals surface area contributed by atoms with Crippen molar-refractivity contribution in [1.82, 2.24) is 74.1 Å². The number of ether oxygens (including phenoxy) is 1. The molecule has 1 saturated heterocycles. The third-order valence-corrected chi connectivity index (χ3v) is 18.7. The van der Waals surface area contributed by atoms with Gasteiger partial charge in [0.05, 0.1) is 51.8 Å². The number of aliphatic hydroxyl groups is 1. The highest BCUT2D eigenvalue weighted by atomic mass is 16.5. The van der Waals surface area contributed by atoms with Crippen LogP contribution in [0, 0.1) is 5.92 Å². The molecule has 1 aliphatic heterocycles. The van der Waals surface area contributed by atoms with Crippen LogP contribution in [-0.2, 0) is 109 Å². The largest absolute Gasteiger partial charge is 0.481 e. The number of aliphatic carboxylic acids is 4. The van der Waals surface area contributed by atoms with E-state index >= 15 is 0 Å². The monoisotopic (exact) mass is 1680 g/mol. The first-order valence-corrected chi connectivity index (χ1v) is 38.0. The molecule has 14 amide bonds. The number of rotatable bonds is 33. The predicted octanol–water partition coefficient (Wildman–Crippen LogP) is -4.93. The van der Waals surface area contributed by atoms with Crippen LogP contribution in [0.5, 0.6) is 0 Å². The number of hydrogen-bond acceptors (Lipinski definition) is 24. The Labute approximate surface area is 685 Å². The van der Waals surface area contributed by atoms with E-state index in [2.05, 4.69) is 65.1 Å². The smallest absolute Gasteiger partial charge is 0.329 e. The molecule has 0 spiro atoms. The summed E-state index contributed by atoms with van der Waals surface area (Å²) in [5.41, 5.74) is 20.3. The molecule has 0 aliphatic carbocycles. The minimum Gasteiger partial charge on any atom is -0.481 e. The number of H-pyrrole nitrogens is 1. The number of aryl methyl sites for hydroxylation is 1. The lowest BCUT2D eigenvalue weighted by Crippen LogP contribution is -2.62. The number of carboxylic acids is 4. The fourth-order valence-corrected chi connectivity index (χ4v) is 12.2. The Morgan fingerprint density at radius 2 is 1.13 bits per heavy atom. The van der Waals surface area contributed by atoms with Crippen LogP contribution in [0.15, 0.2) is 85.1 Å². The number of fused-ring (bicyclic) bond motifs is 1. The summed E-state index contributed by atoms with van der Waals surface area (Å²) in [6, 6.07) is -3.37. The average Bonchev–Trinajstić information content (AvgIpc) is 1.76. The van der Waals surface area contributed by atoms with Crippen molar-refractivity contribution in [3.05, 3.63) is 107 Å². The highest BCUT2D eigenvalue weighted by molar-refractivity contribution is 6.06. The fourth-order valence-electron chi connectivity index (χ4n) is 12.2. The Morgan fingerprint density at radius 1 is 0.575 bits per heavy atom. The zero-order valence-corrected chi connectivity index (χ0v) is 66.2. The first-order valence-electron chi connectivity index (χ1n) is 38.0. The van der Waals surface area contributed by atoms with Gasteiger partial charge in [0.25, 0.3) is 0 Å². The number of cyclic esters (lactones) is 1. The van der Waals surface area contributed by atoms with Crippen molar-refractivity contribution >= 4 is 140 Å². The molecule has 43 nitrogen and oxygen atoms in total. The maximum Gasteiger partial charge on any atom is 0.329 e. The maximum atomic E-state index is 14.9. The quantitative estimate of drug-likeness (QED) is 0.00699. The SMILES string of the molecule is CCCCCc1ccc(/C(C)=C/C(=O)N[C@@H](Cc2c[nH]c3ccccc23)C(=O)N[C@H](CC(N)=O)C(=O)N[C@@H](CC(=O)O)C(=O)N[C@@H]2C(=O)NCC(=O)N[C@@H](CCCN)C(=O)N[C@@H](CC(=O)O)C(=O)N[C@H](C)C(=O)N[C@@H](CC(=O)O)C(=O)NCC(=O)N[C@H](CO)C(=O)N[C@@H]([C@H](C)CC(=O)O)C(=O)N[C@@H](CC(=O)c3ccccc3N)C(=O)O[C@@H]2C)cc1. The Morgan fingerprint density at radius 3 is 1.73 bits per heavy atom. The number of amides is 14. The Bertz CT molecular complexity index is 4490. The number of unbranched alkanes of at least 4 members (excludes halogenated alkanes) is 2. The predicted molar refractivity (Wildman–Crippen MR) is 421 cm³/mol. The number of anilines is 1. The average molecular weight is 1680 g/mol. The number of nitrogens with one attached hydrogen (secondary N) is 14. The normalized spacial score (nSPS) is 20.9. The van der Waals surface area contributed by atoms with E-state index < -0.39 is 261 Å². The number of para-hydroxylation sites is 2. The lowest BCUT2D eigenvalue weighted by atomic mass is 9.96. The number of carbonyl (C=O) groups excluding carboxylic acids is 16. The van der Waals surface area contributed by atoms with Gasteiger partial charge in [-0.15, -0.1) is 0 Å². The van der Waals surface area contributed by atoms with Gasteiger partial charge < -0.3 is 122 Å². The van der Waals surface area contributed by atoms with E-state index in [1.54, 1.807) is 37.4 Å². The van der Waals surface area contributed by atoms with Crippen LogP contribution in [0.4, 0.5) is 5.69 Å². The van der Waals surface area contributed by atoms with Gasteiger partial charge in [-0.1, -0.05) is 81.3 Å². The van der Waals surface area contributed by atoms with Gasteiger partial charge in [0.1, 0.15) is 72.6 Å². The van der Waals surface area contributed by atoms with Crippen LogP contribution in [0.2, 0.25) is 0 Å². The van der Waals surface area contributed by atoms with Gasteiger partial charge in [-0.05, 0) is 99.4 Å². The first kappa shape index (κ1) is 96.8. The molecule has 1 fully saturated rings. The molecule has 0 bridgehead atoms. The summed E-state index contributed by atoms with van der Waals surface area (Å²) >= 11 is 0. The summed E-state index contributed by atoms with van der Waals surface area (Å²) in [7, 11) is 0. The van der Waals surface area contributed by atoms with E-state index in [0.29, 0.717) is 27.6 Å². The van der Waals surface area contributed by atoms with Gasteiger partial charge in [-0.2, -0.15) is 0 Å². The topological polar surface area (TPSA) is 702 Å². The van der Waals surface area contributed by atoms with E-state index in [9.17, 15) is 121 Å². The summed E-state index contributed by atoms with van der Waals surface area (Å²) in [6.45, 7) is 2.75. The second-order valence-electron chi connectivity index (χ2n) is 28.3. The second-order valence-corrected chi connectivity index (χ2v) is 28.3. The van der Waals surface area contributed by atoms with Crippen LogP contribution in [-0.4, -0.2) is 248 Å². The van der Waals surface area contributed by atoms with Crippen molar-refractivity contribution in [2.45, 2.75) is 191 Å². The summed E-state index contributed by atoms with van der Waals surface area (Å²) in [6.07, 6.45) is -3.41. The molecule has 43 heteroatoms. The summed E-state index contributed by atoms with van der Waals surface area (Å²) in [4.78, 5) is 278. The van der Waals surface area contributed by atoms with Crippen LogP contribution in [0.3, 0.4) is 0 Å². The Hall–Kier alpha value is -13.7. The summed E-state index contributed by atoms with van der Waals surface area (Å²) in [5, 5.41) is 78.7. The summed E-state index contributed by atoms with van der Waals surface area (Å²) in [5.74, 6) is -30.2. The van der Waals surface area contributed by atoms with Crippen molar-refractivity contribution < 1.29 is 126 Å². The van der Waals surface area contributed by atoms with Gasteiger partial charge in [0, 0.05) is 47.3 Å². The zero-order chi connectivity index (χ0) is 89.2. The van der Waals surface area contributed by atoms with Crippen LogP contribution in [0.25, 0.3) is 16.5 Å². The van der Waals surface area contributed by atoms with Gasteiger partial charge >= 0.3 is 29.8 Å². The number of Topliss-reactive ketones (excluding diaryl/α,β-unsaturated/α-hetero) is 1. The molecule has 1 aliphatic rings. The van der Waals surface area contributed by atoms with Crippen molar-refractivity contribution in [3.63, 3.8) is 0 Å². The number of nitrogen functional groups attached to an aromatic ring is 1. The van der Waals surface area contributed by atoms with Gasteiger partial charge in [0.15, 0.2) is 5.78 Å². The van der Waals surface area contributed by atoms with Gasteiger partial charge in [-0.25, -0.2) is 4.79 Å². The van der Waals surface area contributed by atoms with Crippen LogP contribution in [0.1, 0.15) is 132 Å².